The molecule has 0 saturated carbocycles. The lowest BCUT2D eigenvalue weighted by Gasteiger charge is -2.33. The Morgan fingerprint density at radius 1 is 1.41 bits per heavy atom. The summed E-state index contributed by atoms with van der Waals surface area (Å²) in [7, 11) is 0. The molecule has 10 heteroatoms. The summed E-state index contributed by atoms with van der Waals surface area (Å²) in [4.78, 5) is 14.3. The number of halogens is 3. The topological polar surface area (TPSA) is 94.2 Å². The van der Waals surface area contributed by atoms with Crippen LogP contribution in [0.5, 0.6) is 0 Å². The van der Waals surface area contributed by atoms with Crippen molar-refractivity contribution in [2.75, 3.05) is 5.32 Å². The number of nitrogens with one attached hydrogen (secondary N) is 1. The quantitative estimate of drug-likeness (QED) is 0.663. The van der Waals surface area contributed by atoms with Crippen molar-refractivity contribution < 1.29 is 23.1 Å². The van der Waals surface area contributed by atoms with E-state index in [4.69, 9.17) is 11.7 Å². The van der Waals surface area contributed by atoms with Gasteiger partial charge in [0.2, 0.25) is 0 Å². The second-order valence-electron chi connectivity index (χ2n) is 8.23. The van der Waals surface area contributed by atoms with E-state index in [-0.39, 0.29) is 54.5 Å². The summed E-state index contributed by atoms with van der Waals surface area (Å²) in [6, 6.07) is 4.34. The lowest BCUT2D eigenvalue weighted by molar-refractivity contribution is -0.0301. The van der Waals surface area contributed by atoms with E-state index in [0.717, 1.165) is 10.7 Å². The molecule has 3 heterocycles. The first kappa shape index (κ1) is 21.7. The van der Waals surface area contributed by atoms with Gasteiger partial charge in [-0.1, -0.05) is 5.92 Å². The first-order chi connectivity index (χ1) is 15.1. The maximum absolute atomic E-state index is 15.0. The van der Waals surface area contributed by atoms with Crippen LogP contribution >= 0.6 is 0 Å². The number of nitrogens with zero attached hydrogens (tertiary/aromatic N) is 4. The molecule has 0 aliphatic carbocycles. The third-order valence-electron chi connectivity index (χ3n) is 5.96. The monoisotopic (exact) mass is 443 g/mol. The number of terminal acetylenes is 1. The summed E-state index contributed by atoms with van der Waals surface area (Å²) >= 11 is 0. The number of aromatic nitrogens is 2. The Hall–Kier alpha value is -3.50. The van der Waals surface area contributed by atoms with Crippen molar-refractivity contribution in [3.05, 3.63) is 46.5 Å². The summed E-state index contributed by atoms with van der Waals surface area (Å²) in [5.74, 6) is -1.79. The number of rotatable bonds is 1. The van der Waals surface area contributed by atoms with Gasteiger partial charge in [-0.15, -0.1) is 6.42 Å². The summed E-state index contributed by atoms with van der Waals surface area (Å²) < 4.78 is 44.7. The summed E-state index contributed by atoms with van der Waals surface area (Å²) in [5, 5.41) is 26.3. The molecule has 0 fully saturated rings. The van der Waals surface area contributed by atoms with Gasteiger partial charge in [-0.25, -0.2) is 9.18 Å². The fourth-order valence-corrected chi connectivity index (χ4v) is 4.20. The number of hydrogen-bond donors (Lipinski definition) is 2. The summed E-state index contributed by atoms with van der Waals surface area (Å²) in [6.07, 6.45) is 4.69. The van der Waals surface area contributed by atoms with Gasteiger partial charge in [0.1, 0.15) is 23.2 Å². The average molecular weight is 443 g/mol. The smallest absolute Gasteiger partial charge is 0.322 e. The van der Waals surface area contributed by atoms with Crippen LogP contribution in [0.15, 0.2) is 18.2 Å². The summed E-state index contributed by atoms with van der Waals surface area (Å²) in [6.45, 7) is 1.39. The predicted molar refractivity (Wildman–Crippen MR) is 108 cm³/mol. The largest absolute Gasteiger partial charge is 0.376 e. The van der Waals surface area contributed by atoms with Crippen molar-refractivity contribution in [3.8, 4) is 18.4 Å². The second kappa shape index (κ2) is 7.57. The summed E-state index contributed by atoms with van der Waals surface area (Å²) in [5.41, 5.74) is -1.40. The van der Waals surface area contributed by atoms with Crippen LogP contribution in [0.3, 0.4) is 0 Å². The van der Waals surface area contributed by atoms with Crippen molar-refractivity contribution in [3.63, 3.8) is 0 Å². The Balaban J connectivity index is 1.65. The minimum atomic E-state index is -3.27. The van der Waals surface area contributed by atoms with Crippen LogP contribution in [0.4, 0.5) is 23.7 Å². The molecule has 0 spiro atoms. The van der Waals surface area contributed by atoms with Crippen LogP contribution in [-0.2, 0) is 25.4 Å². The van der Waals surface area contributed by atoms with E-state index < -0.39 is 29.8 Å². The average Bonchev–Trinajstić information content (AvgIpc) is 3.05. The molecule has 1 aromatic heterocycles. The molecule has 2 amide bonds. The SMILES string of the molecule is C#CC1(O)CCC(F)(F)c2c3c(nn2C1)CC(C)N(C(=O)Nc1ccc(F)c(C#N)c1)C3. The maximum Gasteiger partial charge on any atom is 0.322 e. The molecule has 2 atom stereocenters. The zero-order valence-corrected chi connectivity index (χ0v) is 17.2. The van der Waals surface area contributed by atoms with Gasteiger partial charge in [0, 0.05) is 30.1 Å². The van der Waals surface area contributed by atoms with Gasteiger partial charge >= 0.3 is 6.03 Å². The second-order valence-corrected chi connectivity index (χ2v) is 8.23. The minimum absolute atomic E-state index is 0.117. The Bertz CT molecular complexity index is 1180. The molecule has 166 valence electrons. The number of benzene rings is 1. The van der Waals surface area contributed by atoms with E-state index in [1.54, 1.807) is 13.0 Å². The number of fused-ring (bicyclic) bond motifs is 3. The first-order valence-electron chi connectivity index (χ1n) is 10.0. The highest BCUT2D eigenvalue weighted by atomic mass is 19.3. The molecule has 4 rings (SSSR count). The zero-order chi connectivity index (χ0) is 23.3. The molecular weight excluding hydrogens is 423 g/mol. The fourth-order valence-electron chi connectivity index (χ4n) is 4.20. The highest BCUT2D eigenvalue weighted by Gasteiger charge is 2.47. The molecule has 2 aliphatic heterocycles. The van der Waals surface area contributed by atoms with Gasteiger partial charge in [0.25, 0.3) is 5.92 Å². The Kier molecular flexibility index (Phi) is 5.14. The van der Waals surface area contributed by atoms with Crippen LogP contribution in [0.2, 0.25) is 0 Å². The van der Waals surface area contributed by atoms with E-state index in [1.807, 2.05) is 0 Å². The van der Waals surface area contributed by atoms with Crippen LogP contribution < -0.4 is 5.32 Å². The van der Waals surface area contributed by atoms with Crippen molar-refractivity contribution in [2.45, 2.75) is 56.8 Å². The number of hydrogen-bond acceptors (Lipinski definition) is 4. The molecule has 2 aliphatic rings. The molecule has 7 nitrogen and oxygen atoms in total. The van der Waals surface area contributed by atoms with Crippen molar-refractivity contribution in [1.29, 1.82) is 5.26 Å². The minimum Gasteiger partial charge on any atom is -0.376 e. The predicted octanol–water partition coefficient (Wildman–Crippen LogP) is 3.12. The number of aliphatic hydroxyl groups is 1. The number of urea groups is 1. The van der Waals surface area contributed by atoms with Gasteiger partial charge in [-0.3, -0.25) is 4.68 Å². The molecule has 0 bridgehead atoms. The van der Waals surface area contributed by atoms with Crippen LogP contribution in [0, 0.1) is 29.5 Å². The van der Waals surface area contributed by atoms with Gasteiger partial charge in [-0.05, 0) is 31.5 Å². The molecule has 2 N–H and O–H groups in total. The van der Waals surface area contributed by atoms with E-state index in [1.165, 1.54) is 17.0 Å². The molecule has 0 radical (unpaired) electrons. The standard InChI is InChI=1S/C22H20F3N5O2/c1-3-21(32)6-7-22(24,25)19-16-11-29(13(2)8-18(16)28-30(19)12-21)20(31)27-15-4-5-17(23)14(9-15)10-26/h1,4-5,9,13,32H,6-8,11-12H2,2H3,(H,27,31). The van der Waals surface area contributed by atoms with Crippen LogP contribution in [0.1, 0.15) is 42.3 Å². The van der Waals surface area contributed by atoms with Gasteiger partial charge in [-0.2, -0.15) is 19.1 Å². The van der Waals surface area contributed by atoms with Crippen molar-refractivity contribution in [1.82, 2.24) is 14.7 Å². The Morgan fingerprint density at radius 3 is 2.84 bits per heavy atom. The normalized spacial score (nSPS) is 23.8. The van der Waals surface area contributed by atoms with E-state index >= 15 is 8.78 Å². The van der Waals surface area contributed by atoms with Gasteiger partial charge < -0.3 is 15.3 Å². The molecular formula is C22H20F3N5O2. The van der Waals surface area contributed by atoms with E-state index in [0.29, 0.717) is 5.69 Å². The van der Waals surface area contributed by atoms with Crippen LogP contribution in [0.25, 0.3) is 0 Å². The molecule has 32 heavy (non-hydrogen) atoms. The number of carbonyl (C=O) groups is 1. The molecule has 2 aromatic rings. The van der Waals surface area contributed by atoms with Gasteiger partial charge in [0.15, 0.2) is 0 Å². The Labute approximate surface area is 182 Å². The Morgan fingerprint density at radius 2 is 2.16 bits per heavy atom. The molecule has 0 saturated heterocycles. The van der Waals surface area contributed by atoms with Crippen LogP contribution in [-0.4, -0.2) is 37.5 Å². The third-order valence-corrected chi connectivity index (χ3v) is 5.96. The highest BCUT2D eigenvalue weighted by Crippen LogP contribution is 2.43. The lowest BCUT2D eigenvalue weighted by Crippen LogP contribution is -2.45. The maximum atomic E-state index is 15.0. The highest BCUT2D eigenvalue weighted by molar-refractivity contribution is 5.90. The third kappa shape index (κ3) is 3.67. The van der Waals surface area contributed by atoms with Crippen molar-refractivity contribution in [2.24, 2.45) is 0 Å². The number of anilines is 1. The first-order valence-corrected chi connectivity index (χ1v) is 10.0. The number of nitriles is 1. The molecule has 2 unspecified atom stereocenters. The van der Waals surface area contributed by atoms with E-state index in [9.17, 15) is 14.3 Å². The fraction of sp³-hybridized carbons (Fsp3) is 0.409. The lowest BCUT2D eigenvalue weighted by atomic mass is 9.94. The van der Waals surface area contributed by atoms with Crippen molar-refractivity contribution >= 4 is 11.7 Å². The molecule has 1 aromatic carbocycles. The number of amides is 2. The van der Waals surface area contributed by atoms with Gasteiger partial charge in [0.05, 0.1) is 24.3 Å². The number of carbonyl (C=O) groups excluding carboxylic acids is 1. The van der Waals surface area contributed by atoms with E-state index in [2.05, 4.69) is 16.3 Å². The zero-order valence-electron chi connectivity index (χ0n) is 17.2. The number of alkyl halides is 2.